The van der Waals surface area contributed by atoms with Crippen LogP contribution in [0.2, 0.25) is 5.02 Å². The number of carbonyl (C=O) groups is 2. The van der Waals surface area contributed by atoms with Crippen LogP contribution in [0.5, 0.6) is 5.75 Å². The number of imide groups is 1. The van der Waals surface area contributed by atoms with E-state index in [1.165, 1.54) is 0 Å². The summed E-state index contributed by atoms with van der Waals surface area (Å²) in [7, 11) is 0. The van der Waals surface area contributed by atoms with E-state index >= 15 is 0 Å². The van der Waals surface area contributed by atoms with Crippen molar-refractivity contribution in [2.45, 2.75) is 6.92 Å². The molecule has 0 aromatic heterocycles. The lowest BCUT2D eigenvalue weighted by atomic mass is 10.2. The van der Waals surface area contributed by atoms with Gasteiger partial charge >= 0.3 is 0 Å². The van der Waals surface area contributed by atoms with E-state index in [4.69, 9.17) is 16.3 Å². The van der Waals surface area contributed by atoms with Crippen molar-refractivity contribution in [3.63, 3.8) is 0 Å². The fourth-order valence-corrected chi connectivity index (χ4v) is 5.41. The van der Waals surface area contributed by atoms with Gasteiger partial charge in [0.2, 0.25) is 0 Å². The fraction of sp³-hybridized carbons (Fsp3) is 0.111. The first-order chi connectivity index (χ1) is 12.4. The molecular weight excluding hydrogens is 600 g/mol. The third kappa shape index (κ3) is 4.20. The van der Waals surface area contributed by atoms with Crippen molar-refractivity contribution in [3.05, 3.63) is 59.0 Å². The van der Waals surface area contributed by atoms with Crippen molar-refractivity contribution in [2.75, 3.05) is 11.5 Å². The molecule has 1 fully saturated rings. The number of amides is 2. The van der Waals surface area contributed by atoms with E-state index in [9.17, 15) is 9.59 Å². The Kier molecular flexibility index (Phi) is 6.52. The molecule has 8 heteroatoms. The molecular formula is C18H12ClI2NO3S. The Hall–Kier alpha value is -0.780. The molecule has 134 valence electrons. The highest BCUT2D eigenvalue weighted by Crippen LogP contribution is 2.38. The van der Waals surface area contributed by atoms with Crippen LogP contribution in [0.4, 0.5) is 10.5 Å². The summed E-state index contributed by atoms with van der Waals surface area (Å²) in [5, 5.41) is 0.216. The molecule has 0 atom stereocenters. The van der Waals surface area contributed by atoms with Crippen molar-refractivity contribution in [1.29, 1.82) is 0 Å². The summed E-state index contributed by atoms with van der Waals surface area (Å²) in [6.45, 7) is 2.43. The van der Waals surface area contributed by atoms with Crippen molar-refractivity contribution >= 4 is 91.5 Å². The maximum Gasteiger partial charge on any atom is 0.298 e. The van der Waals surface area contributed by atoms with Gasteiger partial charge in [-0.2, -0.15) is 0 Å². The smallest absolute Gasteiger partial charge is 0.298 e. The number of halogens is 3. The Morgan fingerprint density at radius 2 is 1.88 bits per heavy atom. The molecule has 0 N–H and O–H groups in total. The van der Waals surface area contributed by atoms with Crippen LogP contribution >= 0.6 is 68.5 Å². The predicted molar refractivity (Wildman–Crippen MR) is 123 cm³/mol. The predicted octanol–water partition coefficient (Wildman–Crippen LogP) is 6.19. The van der Waals surface area contributed by atoms with E-state index in [1.807, 2.05) is 19.1 Å². The topological polar surface area (TPSA) is 46.6 Å². The lowest BCUT2D eigenvalue weighted by molar-refractivity contribution is -0.113. The monoisotopic (exact) mass is 611 g/mol. The molecule has 0 spiro atoms. The van der Waals surface area contributed by atoms with E-state index in [2.05, 4.69) is 45.2 Å². The minimum absolute atomic E-state index is 0.332. The zero-order chi connectivity index (χ0) is 18.8. The second kappa shape index (κ2) is 8.49. The molecule has 1 aliphatic heterocycles. The Morgan fingerprint density at radius 1 is 1.19 bits per heavy atom. The molecule has 1 saturated heterocycles. The van der Waals surface area contributed by atoms with E-state index in [1.54, 1.807) is 30.3 Å². The van der Waals surface area contributed by atoms with E-state index in [0.717, 1.165) is 29.4 Å². The van der Waals surface area contributed by atoms with Crippen molar-refractivity contribution < 1.29 is 14.3 Å². The minimum Gasteiger partial charge on any atom is -0.492 e. The van der Waals surface area contributed by atoms with Gasteiger partial charge in [-0.25, -0.2) is 4.90 Å². The summed E-state index contributed by atoms with van der Waals surface area (Å²) in [4.78, 5) is 26.7. The van der Waals surface area contributed by atoms with Crippen molar-refractivity contribution in [3.8, 4) is 5.75 Å². The summed E-state index contributed by atoms with van der Waals surface area (Å²) in [6, 6.07) is 10.5. The summed E-state index contributed by atoms with van der Waals surface area (Å²) in [5.74, 6) is 0.366. The van der Waals surface area contributed by atoms with Crippen LogP contribution in [0.3, 0.4) is 0 Å². The van der Waals surface area contributed by atoms with Crippen LogP contribution < -0.4 is 9.64 Å². The summed E-state index contributed by atoms with van der Waals surface area (Å²) in [6.07, 6.45) is 1.72. The number of ether oxygens (including phenoxy) is 1. The van der Waals surface area contributed by atoms with Crippen LogP contribution in [0.15, 0.2) is 41.3 Å². The first-order valence-electron chi connectivity index (χ1n) is 7.56. The third-order valence-corrected chi connectivity index (χ3v) is 6.04. The van der Waals surface area contributed by atoms with Crippen molar-refractivity contribution in [2.24, 2.45) is 0 Å². The molecule has 0 radical (unpaired) electrons. The van der Waals surface area contributed by atoms with Crippen LogP contribution in [-0.4, -0.2) is 17.8 Å². The number of rotatable bonds is 4. The number of benzene rings is 2. The molecule has 0 saturated carbocycles. The minimum atomic E-state index is -0.348. The fourth-order valence-electron chi connectivity index (χ4n) is 2.41. The third-order valence-electron chi connectivity index (χ3n) is 3.49. The first-order valence-corrected chi connectivity index (χ1v) is 10.9. The molecule has 4 nitrogen and oxygen atoms in total. The van der Waals surface area contributed by atoms with Gasteiger partial charge in [0.25, 0.3) is 11.1 Å². The van der Waals surface area contributed by atoms with Crippen LogP contribution in [0, 0.1) is 7.14 Å². The van der Waals surface area contributed by atoms with Gasteiger partial charge in [0.05, 0.1) is 20.8 Å². The van der Waals surface area contributed by atoms with Gasteiger partial charge in [-0.05, 0) is 106 Å². The molecule has 0 unspecified atom stereocenters. The maximum atomic E-state index is 12.8. The van der Waals surface area contributed by atoms with Gasteiger partial charge in [0.1, 0.15) is 5.75 Å². The van der Waals surface area contributed by atoms with Crippen LogP contribution in [0.25, 0.3) is 6.08 Å². The number of thioether (sulfide) groups is 1. The normalized spacial score (nSPS) is 15.8. The van der Waals surface area contributed by atoms with Crippen LogP contribution in [0.1, 0.15) is 12.5 Å². The molecule has 0 aliphatic carbocycles. The van der Waals surface area contributed by atoms with E-state index in [-0.39, 0.29) is 11.1 Å². The summed E-state index contributed by atoms with van der Waals surface area (Å²) in [5.41, 5.74) is 1.28. The van der Waals surface area contributed by atoms with Gasteiger partial charge in [0, 0.05) is 14.2 Å². The average Bonchev–Trinajstić information content (AvgIpc) is 2.86. The Balaban J connectivity index is 1.99. The highest BCUT2D eigenvalue weighted by Gasteiger charge is 2.36. The summed E-state index contributed by atoms with van der Waals surface area (Å²) < 4.78 is 7.72. The standard InChI is InChI=1S/C18H12ClI2NO3S/c1-2-25-16-10(7-12(20)9-14(16)21)8-15-17(23)22(18(24)26-15)13-5-3-11(19)4-6-13/h3-9H,2H2,1H3/b15-8-. The second-order valence-electron chi connectivity index (χ2n) is 5.23. The Labute approximate surface area is 187 Å². The van der Waals surface area contributed by atoms with Crippen molar-refractivity contribution in [1.82, 2.24) is 0 Å². The van der Waals surface area contributed by atoms with Gasteiger partial charge in [-0.15, -0.1) is 0 Å². The van der Waals surface area contributed by atoms with Crippen LogP contribution in [-0.2, 0) is 4.79 Å². The summed E-state index contributed by atoms with van der Waals surface area (Å²) >= 11 is 11.2. The highest BCUT2D eigenvalue weighted by molar-refractivity contribution is 14.1. The van der Waals surface area contributed by atoms with Gasteiger partial charge in [-0.3, -0.25) is 9.59 Å². The molecule has 2 amide bonds. The quantitative estimate of drug-likeness (QED) is 0.306. The molecule has 1 heterocycles. The molecule has 0 bridgehead atoms. The number of hydrogen-bond donors (Lipinski definition) is 0. The Morgan fingerprint density at radius 3 is 2.54 bits per heavy atom. The molecule has 26 heavy (non-hydrogen) atoms. The number of hydrogen-bond acceptors (Lipinski definition) is 4. The highest BCUT2D eigenvalue weighted by atomic mass is 127. The zero-order valence-electron chi connectivity index (χ0n) is 13.5. The average molecular weight is 612 g/mol. The maximum absolute atomic E-state index is 12.8. The van der Waals surface area contributed by atoms with Gasteiger partial charge < -0.3 is 4.74 Å². The Bertz CT molecular complexity index is 915. The molecule has 2 aromatic carbocycles. The molecule has 2 aromatic rings. The van der Waals surface area contributed by atoms with E-state index < -0.39 is 0 Å². The number of anilines is 1. The molecule has 1 aliphatic rings. The van der Waals surface area contributed by atoms with Gasteiger partial charge in [0.15, 0.2) is 0 Å². The molecule has 3 rings (SSSR count). The van der Waals surface area contributed by atoms with E-state index in [0.29, 0.717) is 28.0 Å². The largest absolute Gasteiger partial charge is 0.492 e. The zero-order valence-corrected chi connectivity index (χ0v) is 19.4. The number of carbonyl (C=O) groups excluding carboxylic acids is 2. The second-order valence-corrected chi connectivity index (χ2v) is 9.07. The lowest BCUT2D eigenvalue weighted by Gasteiger charge is -2.12. The lowest BCUT2D eigenvalue weighted by Crippen LogP contribution is -2.27. The number of nitrogens with zero attached hydrogens (tertiary/aromatic N) is 1. The SMILES string of the molecule is CCOc1c(I)cc(I)cc1/C=C1\SC(=O)N(c2ccc(Cl)cc2)C1=O. The van der Waals surface area contributed by atoms with Gasteiger partial charge in [-0.1, -0.05) is 11.6 Å². The first kappa shape index (κ1) is 20.0.